The van der Waals surface area contributed by atoms with Gasteiger partial charge in [-0.25, -0.2) is 9.78 Å². The molecule has 0 radical (unpaired) electrons. The number of aromatic nitrogens is 1. The van der Waals surface area contributed by atoms with Gasteiger partial charge in [0.05, 0.1) is 0 Å². The number of ketones is 1. The van der Waals surface area contributed by atoms with Crippen molar-refractivity contribution >= 4 is 27.9 Å². The average Bonchev–Trinajstić information content (AvgIpc) is 3.10. The molecule has 0 saturated carbocycles. The summed E-state index contributed by atoms with van der Waals surface area (Å²) in [5.41, 5.74) is 3.58. The summed E-state index contributed by atoms with van der Waals surface area (Å²) in [6.45, 7) is 0. The van der Waals surface area contributed by atoms with Crippen LogP contribution >= 0.6 is 0 Å². The summed E-state index contributed by atoms with van der Waals surface area (Å²) in [5.74, 6) is -0.230. The van der Waals surface area contributed by atoms with Gasteiger partial charge in [0.15, 0.2) is 5.58 Å². The van der Waals surface area contributed by atoms with Crippen molar-refractivity contribution in [1.82, 2.24) is 4.98 Å². The monoisotopic (exact) mass is 345 g/mol. The molecule has 2 aromatic heterocycles. The zero-order valence-corrected chi connectivity index (χ0v) is 14.0. The minimum Gasteiger partial charge on any atom is -0.433 e. The summed E-state index contributed by atoms with van der Waals surface area (Å²) in [4.78, 5) is 29.2. The molecule has 2 aromatic carbocycles. The van der Waals surface area contributed by atoms with Crippen LogP contribution < -0.4 is 5.63 Å². The van der Waals surface area contributed by atoms with Crippen LogP contribution in [0.15, 0.2) is 56.1 Å². The molecule has 0 bridgehead atoms. The fourth-order valence-electron chi connectivity index (χ4n) is 3.67. The lowest BCUT2D eigenvalue weighted by atomic mass is 9.90. The summed E-state index contributed by atoms with van der Waals surface area (Å²) in [7, 11) is 0. The van der Waals surface area contributed by atoms with E-state index in [1.165, 1.54) is 0 Å². The van der Waals surface area contributed by atoms with Crippen LogP contribution in [0.2, 0.25) is 0 Å². The van der Waals surface area contributed by atoms with E-state index in [0.29, 0.717) is 22.2 Å². The second-order valence-corrected chi connectivity index (χ2v) is 6.58. The summed E-state index contributed by atoms with van der Waals surface area (Å²) in [6, 6.07) is 12.4. The first-order chi connectivity index (χ1) is 12.7. The summed E-state index contributed by atoms with van der Waals surface area (Å²) in [5, 5.41) is 0.888. The van der Waals surface area contributed by atoms with E-state index in [1.807, 2.05) is 12.1 Å². The highest BCUT2D eigenvalue weighted by Gasteiger charge is 2.21. The lowest BCUT2D eigenvalue weighted by molar-refractivity contribution is 0.100. The van der Waals surface area contributed by atoms with Gasteiger partial charge in [-0.3, -0.25) is 4.79 Å². The SMILES string of the molecule is O=C(c1ccccc1)c1nc2cc3c4c(c(=O)oc3cc2o1)CCCC4. The first-order valence-electron chi connectivity index (χ1n) is 8.69. The van der Waals surface area contributed by atoms with E-state index in [0.717, 1.165) is 42.2 Å². The van der Waals surface area contributed by atoms with Gasteiger partial charge in [0.1, 0.15) is 11.1 Å². The number of oxazole rings is 1. The van der Waals surface area contributed by atoms with E-state index >= 15 is 0 Å². The minimum absolute atomic E-state index is 0.0396. The highest BCUT2D eigenvalue weighted by atomic mass is 16.4. The zero-order valence-electron chi connectivity index (χ0n) is 14.0. The van der Waals surface area contributed by atoms with Crippen LogP contribution in [0.1, 0.15) is 40.2 Å². The predicted molar refractivity (Wildman–Crippen MR) is 96.6 cm³/mol. The summed E-state index contributed by atoms with van der Waals surface area (Å²) < 4.78 is 11.1. The summed E-state index contributed by atoms with van der Waals surface area (Å²) in [6.07, 6.45) is 3.67. The van der Waals surface area contributed by atoms with Gasteiger partial charge < -0.3 is 8.83 Å². The summed E-state index contributed by atoms with van der Waals surface area (Å²) >= 11 is 0. The Bertz CT molecular complexity index is 1220. The topological polar surface area (TPSA) is 73.3 Å². The number of hydrogen-bond acceptors (Lipinski definition) is 5. The number of fused-ring (bicyclic) bond motifs is 4. The van der Waals surface area contributed by atoms with Crippen LogP contribution in [0.4, 0.5) is 0 Å². The fourth-order valence-corrected chi connectivity index (χ4v) is 3.67. The van der Waals surface area contributed by atoms with Crippen LogP contribution in [-0.4, -0.2) is 10.8 Å². The molecule has 0 spiro atoms. The van der Waals surface area contributed by atoms with Gasteiger partial charge in [-0.2, -0.15) is 0 Å². The molecule has 5 nitrogen and oxygen atoms in total. The van der Waals surface area contributed by atoms with Crippen LogP contribution in [0.3, 0.4) is 0 Å². The smallest absolute Gasteiger partial charge is 0.339 e. The molecule has 0 fully saturated rings. The Labute approximate surface area is 148 Å². The second-order valence-electron chi connectivity index (χ2n) is 6.58. The predicted octanol–water partition coefficient (Wildman–Crippen LogP) is 4.04. The van der Waals surface area contributed by atoms with E-state index in [1.54, 1.807) is 30.3 Å². The van der Waals surface area contributed by atoms with Gasteiger partial charge in [-0.1, -0.05) is 30.3 Å². The van der Waals surface area contributed by atoms with Crippen LogP contribution in [0.5, 0.6) is 0 Å². The van der Waals surface area contributed by atoms with Crippen molar-refractivity contribution in [3.8, 4) is 0 Å². The second kappa shape index (κ2) is 5.66. The molecule has 4 aromatic rings. The number of benzene rings is 2. The van der Waals surface area contributed by atoms with Crippen LogP contribution in [-0.2, 0) is 12.8 Å². The number of carbonyl (C=O) groups is 1. The molecule has 2 heterocycles. The zero-order chi connectivity index (χ0) is 17.7. The standard InChI is InChI=1S/C21H15NO4/c23-19(12-6-2-1-3-7-12)20-22-16-10-15-13-8-4-5-9-14(13)21(24)26-17(15)11-18(16)25-20/h1-3,6-7,10-11H,4-5,8-9H2. The van der Waals surface area contributed by atoms with E-state index < -0.39 is 0 Å². The van der Waals surface area contributed by atoms with Gasteiger partial charge in [0, 0.05) is 22.6 Å². The molecular formula is C21H15NO4. The molecule has 5 rings (SSSR count). The van der Waals surface area contributed by atoms with Crippen molar-refractivity contribution in [2.24, 2.45) is 0 Å². The fraction of sp³-hybridized carbons (Fsp3) is 0.190. The Kier molecular flexibility index (Phi) is 3.28. The molecule has 1 aliphatic carbocycles. The van der Waals surface area contributed by atoms with Crippen molar-refractivity contribution in [1.29, 1.82) is 0 Å². The molecule has 5 heteroatoms. The molecular weight excluding hydrogens is 330 g/mol. The van der Waals surface area contributed by atoms with E-state index in [-0.39, 0.29) is 17.3 Å². The van der Waals surface area contributed by atoms with Gasteiger partial charge in [-0.15, -0.1) is 0 Å². The van der Waals surface area contributed by atoms with E-state index in [4.69, 9.17) is 8.83 Å². The largest absolute Gasteiger partial charge is 0.433 e. The maximum Gasteiger partial charge on any atom is 0.339 e. The Hall–Kier alpha value is -3.21. The number of nitrogens with zero attached hydrogens (tertiary/aromatic N) is 1. The highest BCUT2D eigenvalue weighted by molar-refractivity contribution is 6.07. The first-order valence-corrected chi connectivity index (χ1v) is 8.69. The van der Waals surface area contributed by atoms with Crippen molar-refractivity contribution < 1.29 is 13.6 Å². The van der Waals surface area contributed by atoms with Gasteiger partial charge in [-0.05, 0) is 37.3 Å². The molecule has 26 heavy (non-hydrogen) atoms. The molecule has 0 atom stereocenters. The van der Waals surface area contributed by atoms with Crippen LogP contribution in [0, 0.1) is 0 Å². The lowest BCUT2D eigenvalue weighted by Gasteiger charge is -2.15. The quantitative estimate of drug-likeness (QED) is 0.405. The molecule has 0 unspecified atom stereocenters. The highest BCUT2D eigenvalue weighted by Crippen LogP contribution is 2.30. The third-order valence-corrected chi connectivity index (χ3v) is 4.96. The average molecular weight is 345 g/mol. The normalized spacial score (nSPS) is 13.8. The molecule has 0 N–H and O–H groups in total. The number of hydrogen-bond donors (Lipinski definition) is 0. The number of carbonyl (C=O) groups excluding carboxylic acids is 1. The van der Waals surface area contributed by atoms with Gasteiger partial charge in [0.2, 0.25) is 5.78 Å². The number of aryl methyl sites for hydroxylation is 1. The Morgan fingerprint density at radius 2 is 1.69 bits per heavy atom. The van der Waals surface area contributed by atoms with Crippen molar-refractivity contribution in [3.05, 3.63) is 75.5 Å². The molecule has 0 aliphatic heterocycles. The first kappa shape index (κ1) is 15.1. The van der Waals surface area contributed by atoms with E-state index in [2.05, 4.69) is 4.98 Å². The minimum atomic E-state index is -0.272. The van der Waals surface area contributed by atoms with Crippen molar-refractivity contribution in [3.63, 3.8) is 0 Å². The Morgan fingerprint density at radius 1 is 0.923 bits per heavy atom. The Morgan fingerprint density at radius 3 is 2.50 bits per heavy atom. The van der Waals surface area contributed by atoms with Crippen LogP contribution in [0.25, 0.3) is 22.1 Å². The van der Waals surface area contributed by atoms with E-state index in [9.17, 15) is 9.59 Å². The third-order valence-electron chi connectivity index (χ3n) is 4.96. The number of rotatable bonds is 2. The molecule has 128 valence electrons. The maximum absolute atomic E-state index is 12.6. The van der Waals surface area contributed by atoms with Gasteiger partial charge in [0.25, 0.3) is 5.89 Å². The van der Waals surface area contributed by atoms with Crippen molar-refractivity contribution in [2.45, 2.75) is 25.7 Å². The Balaban J connectivity index is 1.70. The molecule has 1 aliphatic rings. The third kappa shape index (κ3) is 2.28. The van der Waals surface area contributed by atoms with Crippen molar-refractivity contribution in [2.75, 3.05) is 0 Å². The maximum atomic E-state index is 12.6. The van der Waals surface area contributed by atoms with Gasteiger partial charge >= 0.3 is 5.63 Å². The lowest BCUT2D eigenvalue weighted by Crippen LogP contribution is -2.15. The molecule has 0 amide bonds. The molecule has 0 saturated heterocycles.